The zero-order chi connectivity index (χ0) is 24.5. The van der Waals surface area contributed by atoms with Crippen LogP contribution in [0.2, 0.25) is 10.0 Å². The maximum absolute atomic E-state index is 13.2. The van der Waals surface area contributed by atoms with Crippen LogP contribution in [0.3, 0.4) is 0 Å². The Morgan fingerprint density at radius 2 is 1.58 bits per heavy atom. The van der Waals surface area contributed by atoms with Gasteiger partial charge in [-0.05, 0) is 38.0 Å². The van der Waals surface area contributed by atoms with Gasteiger partial charge in [0.15, 0.2) is 6.61 Å². The quantitative estimate of drug-likeness (QED) is 0.486. The maximum Gasteiger partial charge on any atom is 0.261 e. The summed E-state index contributed by atoms with van der Waals surface area (Å²) >= 11 is 12.2. The third kappa shape index (κ3) is 7.72. The zero-order valence-electron chi connectivity index (χ0n) is 19.5. The molecule has 0 aliphatic rings. The lowest BCUT2D eigenvalue weighted by atomic mass is 10.1. The highest BCUT2D eigenvalue weighted by molar-refractivity contribution is 6.42. The van der Waals surface area contributed by atoms with Crippen molar-refractivity contribution in [1.82, 2.24) is 10.2 Å². The van der Waals surface area contributed by atoms with Gasteiger partial charge in [0, 0.05) is 30.8 Å². The fraction of sp³-hybridized carbons (Fsp3) is 0.417. The number of nitrogens with one attached hydrogen (secondary N) is 1. The predicted molar refractivity (Wildman–Crippen MR) is 129 cm³/mol. The molecule has 0 saturated heterocycles. The number of hydrogen-bond donors (Lipinski definition) is 1. The first-order valence-corrected chi connectivity index (χ1v) is 11.3. The van der Waals surface area contributed by atoms with Crippen LogP contribution in [0.4, 0.5) is 0 Å². The van der Waals surface area contributed by atoms with Crippen LogP contribution in [0.1, 0.15) is 32.8 Å². The molecule has 0 saturated carbocycles. The van der Waals surface area contributed by atoms with Crippen molar-refractivity contribution in [3.8, 4) is 17.2 Å². The molecule has 2 amide bonds. The van der Waals surface area contributed by atoms with Gasteiger partial charge in [0.1, 0.15) is 23.3 Å². The number of carbonyl (C=O) groups excluding carboxylic acids is 2. The van der Waals surface area contributed by atoms with E-state index in [2.05, 4.69) is 5.32 Å². The summed E-state index contributed by atoms with van der Waals surface area (Å²) in [5.74, 6) is 0.859. The molecule has 0 radical (unpaired) electrons. The maximum atomic E-state index is 13.2. The molecule has 0 heterocycles. The number of nitrogens with zero attached hydrogens (tertiary/aromatic N) is 1. The zero-order valence-corrected chi connectivity index (χ0v) is 21.0. The molecule has 1 N–H and O–H groups in total. The average Bonchev–Trinajstić information content (AvgIpc) is 2.82. The molecule has 0 aliphatic heterocycles. The number of benzene rings is 2. The van der Waals surface area contributed by atoms with Gasteiger partial charge >= 0.3 is 0 Å². The van der Waals surface area contributed by atoms with Crippen LogP contribution in [0.25, 0.3) is 0 Å². The molecule has 180 valence electrons. The smallest absolute Gasteiger partial charge is 0.261 e. The lowest BCUT2D eigenvalue weighted by molar-refractivity contribution is -0.142. The molecule has 0 unspecified atom stereocenters. The first kappa shape index (κ1) is 26.6. The minimum atomic E-state index is -0.732. The van der Waals surface area contributed by atoms with Gasteiger partial charge < -0.3 is 24.4 Å². The lowest BCUT2D eigenvalue weighted by Gasteiger charge is -2.29. The summed E-state index contributed by atoms with van der Waals surface area (Å²) in [5.41, 5.74) is 0.740. The van der Waals surface area contributed by atoms with Crippen molar-refractivity contribution in [1.29, 1.82) is 0 Å². The van der Waals surface area contributed by atoms with Gasteiger partial charge in [-0.1, -0.05) is 36.2 Å². The summed E-state index contributed by atoms with van der Waals surface area (Å²) in [6, 6.07) is 9.36. The van der Waals surface area contributed by atoms with Crippen LogP contribution in [0, 0.1) is 0 Å². The van der Waals surface area contributed by atoms with E-state index in [1.807, 2.05) is 13.8 Å². The highest BCUT2D eigenvalue weighted by Crippen LogP contribution is 2.28. The Labute approximate surface area is 204 Å². The number of methoxy groups -OCH3 is 2. The van der Waals surface area contributed by atoms with Crippen molar-refractivity contribution >= 4 is 35.0 Å². The molecule has 33 heavy (non-hydrogen) atoms. The standard InChI is InChI=1S/C24H30Cl2N2O5/c1-6-15(2)27-24(30)16(3)28(13-17-7-8-21(25)22(26)9-17)23(29)14-33-20-11-18(31-4)10-19(12-20)32-5/h7-12,15-16H,6,13-14H2,1-5H3,(H,27,30)/t15-,16+/m0/s1. The molecule has 2 rings (SSSR count). The molecule has 0 aromatic heterocycles. The summed E-state index contributed by atoms with van der Waals surface area (Å²) in [7, 11) is 3.06. The van der Waals surface area contributed by atoms with Crippen molar-refractivity contribution in [3.63, 3.8) is 0 Å². The fourth-order valence-corrected chi connectivity index (χ4v) is 3.30. The predicted octanol–water partition coefficient (Wildman–Crippen LogP) is 4.72. The van der Waals surface area contributed by atoms with Crippen LogP contribution in [-0.4, -0.2) is 49.6 Å². The summed E-state index contributed by atoms with van der Waals surface area (Å²) in [6.07, 6.45) is 0.778. The highest BCUT2D eigenvalue weighted by Gasteiger charge is 2.27. The van der Waals surface area contributed by atoms with Gasteiger partial charge in [0.05, 0.1) is 24.3 Å². The Balaban J connectivity index is 2.22. The molecule has 0 fully saturated rings. The van der Waals surface area contributed by atoms with Gasteiger partial charge in [0.25, 0.3) is 5.91 Å². The number of rotatable bonds is 11. The van der Waals surface area contributed by atoms with E-state index in [1.54, 1.807) is 43.3 Å². The van der Waals surface area contributed by atoms with E-state index < -0.39 is 6.04 Å². The Morgan fingerprint density at radius 1 is 0.970 bits per heavy atom. The second-order valence-corrected chi connectivity index (χ2v) is 8.42. The minimum Gasteiger partial charge on any atom is -0.496 e. The lowest BCUT2D eigenvalue weighted by Crippen LogP contribution is -2.50. The molecule has 0 bridgehead atoms. The van der Waals surface area contributed by atoms with Crippen molar-refractivity contribution in [2.75, 3.05) is 20.8 Å². The first-order valence-electron chi connectivity index (χ1n) is 10.6. The van der Waals surface area contributed by atoms with E-state index in [0.717, 1.165) is 12.0 Å². The Hall–Kier alpha value is -2.64. The van der Waals surface area contributed by atoms with E-state index in [-0.39, 0.29) is 31.0 Å². The molecule has 2 aromatic rings. The van der Waals surface area contributed by atoms with E-state index in [0.29, 0.717) is 27.3 Å². The minimum absolute atomic E-state index is 0.0117. The normalized spacial score (nSPS) is 12.5. The van der Waals surface area contributed by atoms with Gasteiger partial charge in [-0.15, -0.1) is 0 Å². The molecule has 2 atom stereocenters. The van der Waals surface area contributed by atoms with E-state index in [4.69, 9.17) is 37.4 Å². The molecular formula is C24H30Cl2N2O5. The van der Waals surface area contributed by atoms with Gasteiger partial charge in [-0.2, -0.15) is 0 Å². The Kier molecular flexibility index (Phi) is 10.1. The van der Waals surface area contributed by atoms with E-state index >= 15 is 0 Å². The topological polar surface area (TPSA) is 77.1 Å². The molecule has 7 nitrogen and oxygen atoms in total. The van der Waals surface area contributed by atoms with E-state index in [9.17, 15) is 9.59 Å². The first-order chi connectivity index (χ1) is 15.7. The molecule has 2 aromatic carbocycles. The van der Waals surface area contributed by atoms with Crippen molar-refractivity contribution in [2.45, 2.75) is 45.8 Å². The second kappa shape index (κ2) is 12.6. The summed E-state index contributed by atoms with van der Waals surface area (Å²) in [5, 5.41) is 3.71. The number of ether oxygens (including phenoxy) is 3. The number of halogens is 2. The van der Waals surface area contributed by atoms with Crippen molar-refractivity contribution in [3.05, 3.63) is 52.0 Å². The van der Waals surface area contributed by atoms with Crippen LogP contribution >= 0.6 is 23.2 Å². The van der Waals surface area contributed by atoms with Crippen molar-refractivity contribution < 1.29 is 23.8 Å². The number of hydrogen-bond acceptors (Lipinski definition) is 5. The molecule has 0 aliphatic carbocycles. The van der Waals surface area contributed by atoms with Crippen LogP contribution < -0.4 is 19.5 Å². The van der Waals surface area contributed by atoms with Crippen LogP contribution in [0.15, 0.2) is 36.4 Å². The average molecular weight is 497 g/mol. The SMILES string of the molecule is CC[C@H](C)NC(=O)[C@@H](C)N(Cc1ccc(Cl)c(Cl)c1)C(=O)COc1cc(OC)cc(OC)c1. The molecular weight excluding hydrogens is 467 g/mol. The van der Waals surface area contributed by atoms with Crippen LogP contribution in [-0.2, 0) is 16.1 Å². The van der Waals surface area contributed by atoms with E-state index in [1.165, 1.54) is 19.1 Å². The molecule has 0 spiro atoms. The largest absolute Gasteiger partial charge is 0.496 e. The fourth-order valence-electron chi connectivity index (χ4n) is 2.98. The monoisotopic (exact) mass is 496 g/mol. The summed E-state index contributed by atoms with van der Waals surface area (Å²) in [6.45, 7) is 5.45. The highest BCUT2D eigenvalue weighted by atomic mass is 35.5. The second-order valence-electron chi connectivity index (χ2n) is 7.60. The van der Waals surface area contributed by atoms with Crippen molar-refractivity contribution in [2.24, 2.45) is 0 Å². The van der Waals surface area contributed by atoms with Gasteiger partial charge in [-0.3, -0.25) is 9.59 Å². The van der Waals surface area contributed by atoms with Gasteiger partial charge in [-0.25, -0.2) is 0 Å². The van der Waals surface area contributed by atoms with Gasteiger partial charge in [0.2, 0.25) is 5.91 Å². The summed E-state index contributed by atoms with van der Waals surface area (Å²) in [4.78, 5) is 27.4. The number of amides is 2. The number of carbonyl (C=O) groups is 2. The third-order valence-corrected chi connectivity index (χ3v) is 5.93. The Morgan fingerprint density at radius 3 is 2.12 bits per heavy atom. The Bertz CT molecular complexity index is 948. The summed E-state index contributed by atoms with van der Waals surface area (Å²) < 4.78 is 16.2. The molecule has 9 heteroatoms. The third-order valence-electron chi connectivity index (χ3n) is 5.19. The van der Waals surface area contributed by atoms with Crippen LogP contribution in [0.5, 0.6) is 17.2 Å².